The minimum atomic E-state index is -0.742. The van der Waals surface area contributed by atoms with Crippen LogP contribution < -0.4 is 4.74 Å². The normalized spacial score (nSPS) is 14.4. The fraction of sp³-hybridized carbons (Fsp3) is 0.417. The maximum atomic E-state index is 11.1. The molecule has 1 aromatic rings. The summed E-state index contributed by atoms with van der Waals surface area (Å²) in [5, 5.41) is 9.86. The van der Waals surface area contributed by atoms with Crippen LogP contribution in [0.1, 0.15) is 25.5 Å². The molecule has 0 spiro atoms. The van der Waals surface area contributed by atoms with Gasteiger partial charge in [-0.05, 0) is 24.6 Å². The molecule has 0 fully saturated rings. The quantitative estimate of drug-likeness (QED) is 0.822. The molecule has 2 atom stereocenters. The Kier molecular flexibility index (Phi) is 3.86. The Bertz CT molecular complexity index is 329. The predicted octanol–water partition coefficient (Wildman–Crippen LogP) is 1.95. The SMILES string of the molecule is COc1ccc([C@H](O)[C@@H](C)C(C)=O)cc1. The molecule has 3 nitrogen and oxygen atoms in total. The van der Waals surface area contributed by atoms with Crippen molar-refractivity contribution in [3.63, 3.8) is 0 Å². The van der Waals surface area contributed by atoms with Crippen LogP contribution in [0.3, 0.4) is 0 Å². The number of aliphatic hydroxyl groups is 1. The van der Waals surface area contributed by atoms with Crippen molar-refractivity contribution in [1.29, 1.82) is 0 Å². The van der Waals surface area contributed by atoms with Crippen LogP contribution in [0.2, 0.25) is 0 Å². The highest BCUT2D eigenvalue weighted by molar-refractivity contribution is 5.78. The first-order valence-corrected chi connectivity index (χ1v) is 4.88. The summed E-state index contributed by atoms with van der Waals surface area (Å²) >= 11 is 0. The summed E-state index contributed by atoms with van der Waals surface area (Å²) in [5.41, 5.74) is 0.735. The second-order valence-electron chi connectivity index (χ2n) is 3.62. The number of Topliss-reactive ketones (excluding diaryl/α,β-unsaturated/α-hetero) is 1. The third kappa shape index (κ3) is 2.80. The average molecular weight is 208 g/mol. The van der Waals surface area contributed by atoms with Gasteiger partial charge in [-0.25, -0.2) is 0 Å². The Balaban J connectivity index is 2.82. The molecule has 0 unspecified atom stereocenters. The van der Waals surface area contributed by atoms with E-state index in [9.17, 15) is 9.90 Å². The van der Waals surface area contributed by atoms with Crippen LogP contribution in [-0.2, 0) is 4.79 Å². The first-order valence-electron chi connectivity index (χ1n) is 4.88. The zero-order chi connectivity index (χ0) is 11.4. The van der Waals surface area contributed by atoms with E-state index in [1.807, 2.05) is 0 Å². The van der Waals surface area contributed by atoms with Gasteiger partial charge in [0.2, 0.25) is 0 Å². The van der Waals surface area contributed by atoms with E-state index >= 15 is 0 Å². The molecule has 3 heteroatoms. The topological polar surface area (TPSA) is 46.5 Å². The van der Waals surface area contributed by atoms with Gasteiger partial charge in [0, 0.05) is 5.92 Å². The van der Waals surface area contributed by atoms with Crippen molar-refractivity contribution in [3.05, 3.63) is 29.8 Å². The number of hydrogen-bond acceptors (Lipinski definition) is 3. The molecule has 82 valence electrons. The lowest BCUT2D eigenvalue weighted by molar-refractivity contribution is -0.123. The molecule has 0 heterocycles. The molecule has 0 aromatic heterocycles. The lowest BCUT2D eigenvalue weighted by atomic mass is 9.94. The summed E-state index contributed by atoms with van der Waals surface area (Å²) in [6, 6.07) is 7.07. The van der Waals surface area contributed by atoms with E-state index in [-0.39, 0.29) is 11.7 Å². The van der Waals surface area contributed by atoms with Gasteiger partial charge in [-0.2, -0.15) is 0 Å². The van der Waals surface area contributed by atoms with E-state index in [0.29, 0.717) is 0 Å². The van der Waals surface area contributed by atoms with Gasteiger partial charge in [-0.3, -0.25) is 4.79 Å². The number of rotatable bonds is 4. The number of hydrogen-bond donors (Lipinski definition) is 1. The molecule has 0 amide bonds. The lowest BCUT2D eigenvalue weighted by Gasteiger charge is -2.16. The van der Waals surface area contributed by atoms with E-state index in [4.69, 9.17) is 4.74 Å². The van der Waals surface area contributed by atoms with Crippen molar-refractivity contribution in [2.45, 2.75) is 20.0 Å². The van der Waals surface area contributed by atoms with Gasteiger partial charge < -0.3 is 9.84 Å². The standard InChI is InChI=1S/C12H16O3/c1-8(9(2)13)12(14)10-4-6-11(15-3)7-5-10/h4-8,12,14H,1-3H3/t8-,12+/m0/s1. The molecule has 0 radical (unpaired) electrons. The molecule has 0 bridgehead atoms. The zero-order valence-electron chi connectivity index (χ0n) is 9.23. The average Bonchev–Trinajstić information content (AvgIpc) is 2.27. The largest absolute Gasteiger partial charge is 0.497 e. The molecule has 1 rings (SSSR count). The van der Waals surface area contributed by atoms with Gasteiger partial charge in [0.15, 0.2) is 0 Å². The maximum absolute atomic E-state index is 11.1. The van der Waals surface area contributed by atoms with Gasteiger partial charge in [-0.1, -0.05) is 19.1 Å². The van der Waals surface area contributed by atoms with E-state index < -0.39 is 6.10 Å². The summed E-state index contributed by atoms with van der Waals surface area (Å²) in [6.45, 7) is 3.20. The highest BCUT2D eigenvalue weighted by Gasteiger charge is 2.19. The second-order valence-corrected chi connectivity index (χ2v) is 3.62. The fourth-order valence-corrected chi connectivity index (χ4v) is 1.31. The Morgan fingerprint density at radius 2 is 1.87 bits per heavy atom. The highest BCUT2D eigenvalue weighted by atomic mass is 16.5. The number of benzene rings is 1. The molecule has 0 aliphatic heterocycles. The van der Waals surface area contributed by atoms with Crippen LogP contribution >= 0.6 is 0 Å². The lowest BCUT2D eigenvalue weighted by Crippen LogP contribution is -2.16. The molecule has 1 N–H and O–H groups in total. The highest BCUT2D eigenvalue weighted by Crippen LogP contribution is 2.24. The van der Waals surface area contributed by atoms with E-state index in [1.54, 1.807) is 38.3 Å². The monoisotopic (exact) mass is 208 g/mol. The number of methoxy groups -OCH3 is 1. The van der Waals surface area contributed by atoms with Gasteiger partial charge in [0.1, 0.15) is 11.5 Å². The van der Waals surface area contributed by atoms with Crippen LogP contribution in [0, 0.1) is 5.92 Å². The second kappa shape index (κ2) is 4.94. The zero-order valence-corrected chi connectivity index (χ0v) is 9.23. The molecule has 0 aliphatic carbocycles. The Labute approximate surface area is 89.7 Å². The number of carbonyl (C=O) groups excluding carboxylic acids is 1. The molecule has 15 heavy (non-hydrogen) atoms. The van der Waals surface area contributed by atoms with Crippen molar-refractivity contribution in [3.8, 4) is 5.75 Å². The van der Waals surface area contributed by atoms with Crippen molar-refractivity contribution in [2.24, 2.45) is 5.92 Å². The molecule has 0 saturated heterocycles. The number of ketones is 1. The Morgan fingerprint density at radius 3 is 2.27 bits per heavy atom. The summed E-state index contributed by atoms with van der Waals surface area (Å²) in [5.74, 6) is 0.346. The van der Waals surface area contributed by atoms with Crippen molar-refractivity contribution >= 4 is 5.78 Å². The summed E-state index contributed by atoms with van der Waals surface area (Å²) in [4.78, 5) is 11.1. The van der Waals surface area contributed by atoms with Crippen LogP contribution in [0.15, 0.2) is 24.3 Å². The third-order valence-electron chi connectivity index (χ3n) is 2.57. The Hall–Kier alpha value is -1.35. The van der Waals surface area contributed by atoms with E-state index in [2.05, 4.69) is 0 Å². The first kappa shape index (κ1) is 11.7. The predicted molar refractivity (Wildman–Crippen MR) is 57.8 cm³/mol. The number of carbonyl (C=O) groups is 1. The minimum Gasteiger partial charge on any atom is -0.497 e. The summed E-state index contributed by atoms with van der Waals surface area (Å²) < 4.78 is 5.01. The Morgan fingerprint density at radius 1 is 1.33 bits per heavy atom. The first-order chi connectivity index (χ1) is 7.06. The van der Waals surface area contributed by atoms with Crippen LogP contribution in [0.4, 0.5) is 0 Å². The van der Waals surface area contributed by atoms with Crippen molar-refractivity contribution < 1.29 is 14.6 Å². The maximum Gasteiger partial charge on any atom is 0.135 e. The van der Waals surface area contributed by atoms with Crippen molar-refractivity contribution in [1.82, 2.24) is 0 Å². The molecular formula is C12H16O3. The summed E-state index contributed by atoms with van der Waals surface area (Å²) in [7, 11) is 1.59. The molecule has 0 aliphatic rings. The minimum absolute atomic E-state index is 0.0154. The molecule has 0 saturated carbocycles. The van der Waals surface area contributed by atoms with E-state index in [1.165, 1.54) is 6.92 Å². The van der Waals surface area contributed by atoms with E-state index in [0.717, 1.165) is 11.3 Å². The molecular weight excluding hydrogens is 192 g/mol. The van der Waals surface area contributed by atoms with Gasteiger partial charge >= 0.3 is 0 Å². The number of ether oxygens (including phenoxy) is 1. The van der Waals surface area contributed by atoms with Gasteiger partial charge in [0.25, 0.3) is 0 Å². The van der Waals surface area contributed by atoms with Gasteiger partial charge in [-0.15, -0.1) is 0 Å². The van der Waals surface area contributed by atoms with Gasteiger partial charge in [0.05, 0.1) is 13.2 Å². The summed E-state index contributed by atoms with van der Waals surface area (Å²) in [6.07, 6.45) is -0.742. The van der Waals surface area contributed by atoms with Crippen LogP contribution in [0.5, 0.6) is 5.75 Å². The van der Waals surface area contributed by atoms with Crippen LogP contribution in [-0.4, -0.2) is 18.0 Å². The third-order valence-corrected chi connectivity index (χ3v) is 2.57. The van der Waals surface area contributed by atoms with Crippen molar-refractivity contribution in [2.75, 3.05) is 7.11 Å². The smallest absolute Gasteiger partial charge is 0.135 e. The number of aliphatic hydroxyl groups excluding tert-OH is 1. The molecule has 1 aromatic carbocycles. The fourth-order valence-electron chi connectivity index (χ4n) is 1.31. The van der Waals surface area contributed by atoms with Crippen LogP contribution in [0.25, 0.3) is 0 Å².